The lowest BCUT2D eigenvalue weighted by molar-refractivity contribution is -0.904. The van der Waals surface area contributed by atoms with E-state index in [1.54, 1.807) is 4.90 Å². The van der Waals surface area contributed by atoms with Crippen molar-refractivity contribution in [2.45, 2.75) is 38.1 Å². The van der Waals surface area contributed by atoms with Crippen molar-refractivity contribution < 1.29 is 9.69 Å². The van der Waals surface area contributed by atoms with E-state index in [0.29, 0.717) is 6.04 Å². The highest BCUT2D eigenvalue weighted by Crippen LogP contribution is 2.25. The van der Waals surface area contributed by atoms with Crippen LogP contribution in [-0.4, -0.2) is 25.4 Å². The van der Waals surface area contributed by atoms with Crippen molar-refractivity contribution in [2.24, 2.45) is 0 Å². The molecule has 2 aliphatic rings. The van der Waals surface area contributed by atoms with Gasteiger partial charge in [-0.1, -0.05) is 24.3 Å². The Bertz CT molecular complexity index is 518. The summed E-state index contributed by atoms with van der Waals surface area (Å²) in [5, 5.41) is 0. The number of carbonyl (C=O) groups is 1. The zero-order chi connectivity index (χ0) is 13.2. The average Bonchev–Trinajstić information content (AvgIpc) is 2.44. The van der Waals surface area contributed by atoms with Crippen LogP contribution in [0.15, 0.2) is 35.9 Å². The standard InChI is InChI=1S/C17H21NO/c1-18-11-5-4-7-15(18)12-14-10-9-13-6-2-3-8-16(13)17(14)19/h2-3,6,8,12,15H,4-5,7,9-11H2,1H3/p+1/b14-12+. The third-order valence-corrected chi connectivity index (χ3v) is 4.59. The second-order valence-electron chi connectivity index (χ2n) is 5.88. The largest absolute Gasteiger partial charge is 0.332 e. The van der Waals surface area contributed by atoms with E-state index in [0.717, 1.165) is 24.0 Å². The second kappa shape index (κ2) is 5.30. The van der Waals surface area contributed by atoms with Crippen molar-refractivity contribution in [1.82, 2.24) is 0 Å². The first kappa shape index (κ1) is 12.6. The van der Waals surface area contributed by atoms with Gasteiger partial charge >= 0.3 is 0 Å². The van der Waals surface area contributed by atoms with Crippen molar-refractivity contribution in [3.05, 3.63) is 47.0 Å². The van der Waals surface area contributed by atoms with E-state index in [1.165, 1.54) is 31.4 Å². The molecule has 2 atom stereocenters. The number of aryl methyl sites for hydroxylation is 1. The monoisotopic (exact) mass is 256 g/mol. The molecule has 3 rings (SSSR count). The number of rotatable bonds is 1. The summed E-state index contributed by atoms with van der Waals surface area (Å²) in [6, 6.07) is 8.60. The molecular weight excluding hydrogens is 234 g/mol. The molecule has 1 aliphatic heterocycles. The first-order valence-corrected chi connectivity index (χ1v) is 7.41. The molecular formula is C17H22NO+. The SMILES string of the molecule is C[NH+]1CCCCC1/C=C1\CCc2ccccc2C1=O. The van der Waals surface area contributed by atoms with Crippen molar-refractivity contribution in [3.8, 4) is 0 Å². The summed E-state index contributed by atoms with van der Waals surface area (Å²) in [5.74, 6) is 0.264. The van der Waals surface area contributed by atoms with Crippen LogP contribution in [0, 0.1) is 0 Å². The Morgan fingerprint density at radius 1 is 1.21 bits per heavy atom. The van der Waals surface area contributed by atoms with Gasteiger partial charge in [-0.05, 0) is 37.3 Å². The summed E-state index contributed by atoms with van der Waals surface area (Å²) in [5.41, 5.74) is 3.19. The number of Topliss-reactive ketones (excluding diaryl/α,β-unsaturated/α-hetero) is 1. The first-order valence-electron chi connectivity index (χ1n) is 7.41. The number of fused-ring (bicyclic) bond motifs is 1. The van der Waals surface area contributed by atoms with Crippen LogP contribution in [0.5, 0.6) is 0 Å². The molecule has 0 amide bonds. The lowest BCUT2D eigenvalue weighted by Crippen LogP contribution is -3.13. The maximum Gasteiger partial charge on any atom is 0.189 e. The van der Waals surface area contributed by atoms with Gasteiger partial charge in [0.15, 0.2) is 5.78 Å². The maximum atomic E-state index is 12.5. The fourth-order valence-corrected chi connectivity index (χ4v) is 3.34. The topological polar surface area (TPSA) is 21.5 Å². The molecule has 0 spiro atoms. The molecule has 1 aliphatic carbocycles. The highest BCUT2D eigenvalue weighted by Gasteiger charge is 2.26. The number of quaternary nitrogens is 1. The number of ketones is 1. The van der Waals surface area contributed by atoms with Gasteiger partial charge in [0.2, 0.25) is 0 Å². The molecule has 1 aromatic rings. The smallest absolute Gasteiger partial charge is 0.189 e. The molecule has 1 heterocycles. The van der Waals surface area contributed by atoms with Crippen molar-refractivity contribution in [3.63, 3.8) is 0 Å². The third kappa shape index (κ3) is 2.50. The number of benzene rings is 1. The predicted octanol–water partition coefficient (Wildman–Crippen LogP) is 1.81. The molecule has 1 aromatic carbocycles. The Balaban J connectivity index is 1.85. The number of allylic oxidation sites excluding steroid dienone is 1. The molecule has 0 radical (unpaired) electrons. The van der Waals surface area contributed by atoms with Gasteiger partial charge in [-0.25, -0.2) is 0 Å². The van der Waals surface area contributed by atoms with Crippen LogP contribution in [0.1, 0.15) is 41.6 Å². The molecule has 0 saturated carbocycles. The number of hydrogen-bond acceptors (Lipinski definition) is 1. The Labute approximate surface area is 115 Å². The van der Waals surface area contributed by atoms with E-state index >= 15 is 0 Å². The van der Waals surface area contributed by atoms with Crippen LogP contribution in [0.25, 0.3) is 0 Å². The molecule has 19 heavy (non-hydrogen) atoms. The Morgan fingerprint density at radius 2 is 2.05 bits per heavy atom. The number of likely N-dealkylation sites (N-methyl/N-ethyl adjacent to an activating group) is 1. The molecule has 2 heteroatoms. The van der Waals surface area contributed by atoms with Gasteiger partial charge in [0.25, 0.3) is 0 Å². The zero-order valence-electron chi connectivity index (χ0n) is 11.6. The van der Waals surface area contributed by atoms with Crippen molar-refractivity contribution in [2.75, 3.05) is 13.6 Å². The fourth-order valence-electron chi connectivity index (χ4n) is 3.34. The Morgan fingerprint density at radius 3 is 2.89 bits per heavy atom. The van der Waals surface area contributed by atoms with Crippen LogP contribution in [0.3, 0.4) is 0 Å². The molecule has 2 unspecified atom stereocenters. The van der Waals surface area contributed by atoms with Gasteiger partial charge in [0.1, 0.15) is 6.04 Å². The summed E-state index contributed by atoms with van der Waals surface area (Å²) >= 11 is 0. The lowest BCUT2D eigenvalue weighted by Gasteiger charge is -2.28. The minimum Gasteiger partial charge on any atom is -0.332 e. The van der Waals surface area contributed by atoms with Crippen LogP contribution >= 0.6 is 0 Å². The zero-order valence-corrected chi connectivity index (χ0v) is 11.6. The lowest BCUT2D eigenvalue weighted by atomic mass is 9.85. The van der Waals surface area contributed by atoms with E-state index in [4.69, 9.17) is 0 Å². The van der Waals surface area contributed by atoms with Crippen molar-refractivity contribution >= 4 is 5.78 Å². The Hall–Kier alpha value is -1.41. The summed E-state index contributed by atoms with van der Waals surface area (Å²) < 4.78 is 0. The van der Waals surface area contributed by atoms with Crippen LogP contribution in [0.2, 0.25) is 0 Å². The van der Waals surface area contributed by atoms with E-state index in [-0.39, 0.29) is 5.78 Å². The van der Waals surface area contributed by atoms with Crippen LogP contribution in [-0.2, 0) is 6.42 Å². The number of nitrogens with one attached hydrogen (secondary N) is 1. The second-order valence-corrected chi connectivity index (χ2v) is 5.88. The van der Waals surface area contributed by atoms with Gasteiger partial charge in [-0.3, -0.25) is 4.79 Å². The van der Waals surface area contributed by atoms with Gasteiger partial charge < -0.3 is 4.90 Å². The number of hydrogen-bond donors (Lipinski definition) is 1. The highest BCUT2D eigenvalue weighted by molar-refractivity contribution is 6.10. The summed E-state index contributed by atoms with van der Waals surface area (Å²) in [6.45, 7) is 1.24. The molecule has 2 nitrogen and oxygen atoms in total. The van der Waals surface area contributed by atoms with E-state index in [2.05, 4.69) is 19.2 Å². The van der Waals surface area contributed by atoms with Gasteiger partial charge in [0.05, 0.1) is 13.6 Å². The summed E-state index contributed by atoms with van der Waals surface area (Å²) in [4.78, 5) is 14.1. The number of piperidine rings is 1. The summed E-state index contributed by atoms with van der Waals surface area (Å²) in [6.07, 6.45) is 8.05. The number of carbonyl (C=O) groups excluding carboxylic acids is 1. The van der Waals surface area contributed by atoms with Gasteiger partial charge in [-0.2, -0.15) is 0 Å². The maximum absolute atomic E-state index is 12.5. The van der Waals surface area contributed by atoms with Crippen molar-refractivity contribution in [1.29, 1.82) is 0 Å². The highest BCUT2D eigenvalue weighted by atomic mass is 16.1. The third-order valence-electron chi connectivity index (χ3n) is 4.59. The molecule has 0 aromatic heterocycles. The summed E-state index contributed by atoms with van der Waals surface area (Å²) in [7, 11) is 2.25. The predicted molar refractivity (Wildman–Crippen MR) is 76.6 cm³/mol. The first-order chi connectivity index (χ1) is 9.25. The van der Waals surface area contributed by atoms with E-state index in [9.17, 15) is 4.79 Å². The molecule has 1 saturated heterocycles. The van der Waals surface area contributed by atoms with Crippen LogP contribution in [0.4, 0.5) is 0 Å². The molecule has 0 bridgehead atoms. The number of likely N-dealkylation sites (tertiary alicyclic amines) is 1. The normalized spacial score (nSPS) is 29.3. The van der Waals surface area contributed by atoms with E-state index in [1.807, 2.05) is 18.2 Å². The van der Waals surface area contributed by atoms with Crippen LogP contribution < -0.4 is 4.90 Å². The minimum atomic E-state index is 0.264. The van der Waals surface area contributed by atoms with Gasteiger partial charge in [-0.15, -0.1) is 0 Å². The van der Waals surface area contributed by atoms with Gasteiger partial charge in [0, 0.05) is 17.6 Å². The molecule has 1 N–H and O–H groups in total. The molecule has 1 fully saturated rings. The average molecular weight is 256 g/mol. The minimum absolute atomic E-state index is 0.264. The molecule has 100 valence electrons. The Kier molecular flexibility index (Phi) is 3.52. The quantitative estimate of drug-likeness (QED) is 0.760. The fraction of sp³-hybridized carbons (Fsp3) is 0.471. The van der Waals surface area contributed by atoms with E-state index < -0.39 is 0 Å².